The molecule has 0 unspecified atom stereocenters. The molecule has 0 aliphatic heterocycles. The fourth-order valence-corrected chi connectivity index (χ4v) is 3.08. The van der Waals surface area contributed by atoms with E-state index in [9.17, 15) is 14.3 Å². The number of hydrogen-bond donors (Lipinski definition) is 3. The summed E-state index contributed by atoms with van der Waals surface area (Å²) < 4.78 is 23.6. The number of fused-ring (bicyclic) bond motifs is 1. The third-order valence-corrected chi connectivity index (χ3v) is 4.63. The van der Waals surface area contributed by atoms with Gasteiger partial charge in [0.2, 0.25) is 11.3 Å². The minimum absolute atomic E-state index is 0.125. The minimum atomic E-state index is -1.05. The second kappa shape index (κ2) is 8.78. The van der Waals surface area contributed by atoms with E-state index in [-0.39, 0.29) is 34.3 Å². The summed E-state index contributed by atoms with van der Waals surface area (Å²) in [7, 11) is 0. The van der Waals surface area contributed by atoms with Crippen LogP contribution >= 0.6 is 0 Å². The normalized spacial score (nSPS) is 11.2. The van der Waals surface area contributed by atoms with Gasteiger partial charge < -0.3 is 14.8 Å². The number of aromatic nitrogens is 4. The highest BCUT2D eigenvalue weighted by Gasteiger charge is 2.15. The molecule has 3 N–H and O–H groups in total. The number of hydrogen-bond acceptors (Lipinski definition) is 10. The number of nitrogens with zero attached hydrogens (tertiary/aromatic N) is 5. The van der Waals surface area contributed by atoms with Crippen LogP contribution in [0.25, 0.3) is 22.6 Å². The molecule has 0 saturated heterocycles. The molecule has 5 rings (SSSR count). The van der Waals surface area contributed by atoms with Crippen molar-refractivity contribution in [3.05, 3.63) is 77.8 Å². The lowest BCUT2D eigenvalue weighted by Gasteiger charge is -2.09. The molecule has 0 bridgehead atoms. The van der Waals surface area contributed by atoms with Crippen molar-refractivity contribution in [1.29, 1.82) is 0 Å². The molecule has 11 nitrogen and oxygen atoms in total. The quantitative estimate of drug-likeness (QED) is 0.237. The molecule has 12 heteroatoms. The monoisotopic (exact) mass is 459 g/mol. The molecule has 34 heavy (non-hydrogen) atoms. The van der Waals surface area contributed by atoms with Crippen LogP contribution in [0.4, 0.5) is 21.7 Å². The molecular weight excluding hydrogens is 445 g/mol. The van der Waals surface area contributed by atoms with E-state index >= 15 is 0 Å². The van der Waals surface area contributed by atoms with Crippen molar-refractivity contribution in [2.75, 3.05) is 10.7 Å². The van der Waals surface area contributed by atoms with E-state index < -0.39 is 5.97 Å². The third-order valence-electron chi connectivity index (χ3n) is 4.63. The topological polar surface area (TPSA) is 152 Å². The molecule has 0 amide bonds. The van der Waals surface area contributed by atoms with Gasteiger partial charge in [0.25, 0.3) is 0 Å². The molecule has 168 valence electrons. The first-order chi connectivity index (χ1) is 16.6. The Morgan fingerprint density at radius 1 is 0.971 bits per heavy atom. The fourth-order valence-electron chi connectivity index (χ4n) is 3.08. The van der Waals surface area contributed by atoms with Crippen LogP contribution in [0.3, 0.4) is 0 Å². The predicted octanol–water partition coefficient (Wildman–Crippen LogP) is 4.30. The number of carboxylic acids is 1. The molecule has 0 aliphatic rings. The van der Waals surface area contributed by atoms with Gasteiger partial charge in [0.1, 0.15) is 17.3 Å². The van der Waals surface area contributed by atoms with Gasteiger partial charge in [0, 0.05) is 11.3 Å². The summed E-state index contributed by atoms with van der Waals surface area (Å²) in [5, 5.41) is 23.8. The summed E-state index contributed by atoms with van der Waals surface area (Å²) in [5.74, 6) is -0.226. The Kier molecular flexibility index (Phi) is 5.36. The number of nitrogens with one attached hydrogen (secondary N) is 2. The molecule has 0 atom stereocenters. The minimum Gasteiger partial charge on any atom is -0.478 e. The molecule has 0 fully saturated rings. The van der Waals surface area contributed by atoms with Crippen LogP contribution in [0, 0.1) is 5.82 Å². The van der Waals surface area contributed by atoms with Crippen molar-refractivity contribution in [2.24, 2.45) is 5.10 Å². The Bertz CT molecular complexity index is 1510. The van der Waals surface area contributed by atoms with Gasteiger partial charge in [-0.25, -0.2) is 18.8 Å². The van der Waals surface area contributed by atoms with Gasteiger partial charge in [-0.3, -0.25) is 5.43 Å². The van der Waals surface area contributed by atoms with Crippen LogP contribution in [0.1, 0.15) is 16.1 Å². The first-order valence-corrected chi connectivity index (χ1v) is 9.81. The van der Waals surface area contributed by atoms with Crippen LogP contribution < -0.4 is 10.7 Å². The number of carboxylic acid groups (broad SMARTS) is 1. The fraction of sp³-hybridized carbons (Fsp3) is 0. The van der Waals surface area contributed by atoms with Gasteiger partial charge in [-0.15, -0.1) is 0 Å². The maximum Gasteiger partial charge on any atom is 0.336 e. The lowest BCUT2D eigenvalue weighted by atomic mass is 10.1. The first-order valence-electron chi connectivity index (χ1n) is 9.81. The van der Waals surface area contributed by atoms with Crippen LogP contribution in [0.15, 0.2) is 74.8 Å². The van der Waals surface area contributed by atoms with Gasteiger partial charge in [-0.2, -0.15) is 10.1 Å². The number of hydrazone groups is 1. The zero-order valence-electron chi connectivity index (χ0n) is 17.1. The van der Waals surface area contributed by atoms with Crippen molar-refractivity contribution < 1.29 is 23.3 Å². The van der Waals surface area contributed by atoms with E-state index in [1.807, 2.05) is 0 Å². The highest BCUT2D eigenvalue weighted by atomic mass is 19.1. The standard InChI is InChI=1S/C22H14FN7O4/c23-12-5-7-13(8-6-12)25-18-19(27-21-20(26-18)29-34-30-21)28-24-11-14-9-10-17(33-14)15-3-1-2-4-16(15)22(31)32/h1-11H,(H,31,32)(H,25,26,29)(H,27,28,30)/b24-11+. The van der Waals surface area contributed by atoms with E-state index in [0.717, 1.165) is 0 Å². The van der Waals surface area contributed by atoms with E-state index in [1.165, 1.54) is 36.5 Å². The highest BCUT2D eigenvalue weighted by molar-refractivity contribution is 5.95. The average Bonchev–Trinajstić information content (AvgIpc) is 3.50. The van der Waals surface area contributed by atoms with Crippen molar-refractivity contribution in [3.63, 3.8) is 0 Å². The largest absolute Gasteiger partial charge is 0.478 e. The summed E-state index contributed by atoms with van der Waals surface area (Å²) in [6.45, 7) is 0. The number of benzene rings is 2. The van der Waals surface area contributed by atoms with Gasteiger partial charge in [0.15, 0.2) is 11.6 Å². The Morgan fingerprint density at radius 2 is 1.71 bits per heavy atom. The lowest BCUT2D eigenvalue weighted by Crippen LogP contribution is -2.03. The molecule has 5 aromatic rings. The van der Waals surface area contributed by atoms with Crippen molar-refractivity contribution in [1.82, 2.24) is 20.3 Å². The Labute approximate surface area is 189 Å². The van der Waals surface area contributed by atoms with Crippen molar-refractivity contribution in [2.45, 2.75) is 0 Å². The second-order valence-corrected chi connectivity index (χ2v) is 6.89. The highest BCUT2D eigenvalue weighted by Crippen LogP contribution is 2.26. The van der Waals surface area contributed by atoms with Gasteiger partial charge in [-0.1, -0.05) is 18.2 Å². The van der Waals surface area contributed by atoms with Crippen LogP contribution in [0.2, 0.25) is 0 Å². The van der Waals surface area contributed by atoms with Crippen LogP contribution in [0.5, 0.6) is 0 Å². The first kappa shape index (κ1) is 20.8. The number of furan rings is 1. The second-order valence-electron chi connectivity index (χ2n) is 6.89. The molecule has 3 aromatic heterocycles. The number of rotatable bonds is 7. The van der Waals surface area contributed by atoms with Crippen molar-refractivity contribution >= 4 is 40.8 Å². The zero-order chi connectivity index (χ0) is 23.5. The molecular formula is C22H14FN7O4. The van der Waals surface area contributed by atoms with Gasteiger partial charge >= 0.3 is 5.97 Å². The SMILES string of the molecule is O=C(O)c1ccccc1-c1ccc(/C=N/Nc2nc3nonc3nc2Nc2ccc(F)cc2)o1. The summed E-state index contributed by atoms with van der Waals surface area (Å²) in [6, 6.07) is 15.5. The Balaban J connectivity index is 1.38. The maximum absolute atomic E-state index is 13.2. The molecule has 0 aliphatic carbocycles. The van der Waals surface area contributed by atoms with Gasteiger partial charge in [0.05, 0.1) is 11.8 Å². The summed E-state index contributed by atoms with van der Waals surface area (Å²) in [6.07, 6.45) is 1.39. The van der Waals surface area contributed by atoms with E-state index in [2.05, 4.69) is 40.8 Å². The lowest BCUT2D eigenvalue weighted by molar-refractivity contribution is 0.0697. The predicted molar refractivity (Wildman–Crippen MR) is 119 cm³/mol. The summed E-state index contributed by atoms with van der Waals surface area (Å²) in [4.78, 5) is 20.0. The summed E-state index contributed by atoms with van der Waals surface area (Å²) >= 11 is 0. The molecule has 2 aromatic carbocycles. The number of aromatic carboxylic acids is 1. The smallest absolute Gasteiger partial charge is 0.336 e. The molecule has 0 spiro atoms. The number of anilines is 3. The Morgan fingerprint density at radius 3 is 2.47 bits per heavy atom. The average molecular weight is 459 g/mol. The van der Waals surface area contributed by atoms with Gasteiger partial charge in [-0.05, 0) is 52.8 Å². The summed E-state index contributed by atoms with van der Waals surface area (Å²) in [5.41, 5.74) is 4.22. The molecule has 3 heterocycles. The van der Waals surface area contributed by atoms with Crippen LogP contribution in [-0.4, -0.2) is 37.6 Å². The van der Waals surface area contributed by atoms with E-state index in [4.69, 9.17) is 4.42 Å². The van der Waals surface area contributed by atoms with Crippen molar-refractivity contribution in [3.8, 4) is 11.3 Å². The third kappa shape index (κ3) is 4.27. The maximum atomic E-state index is 13.2. The van der Waals surface area contributed by atoms with Crippen LogP contribution in [-0.2, 0) is 0 Å². The Hall–Kier alpha value is -5.13. The molecule has 0 saturated carbocycles. The van der Waals surface area contributed by atoms with E-state index in [0.29, 0.717) is 22.8 Å². The van der Waals surface area contributed by atoms with E-state index in [1.54, 1.807) is 30.3 Å². The zero-order valence-corrected chi connectivity index (χ0v) is 17.1. The molecule has 0 radical (unpaired) electrons. The number of carbonyl (C=O) groups is 1. The number of halogens is 1.